The van der Waals surface area contributed by atoms with Crippen LogP contribution in [0, 0.1) is 0 Å². The van der Waals surface area contributed by atoms with Gasteiger partial charge in [-0.2, -0.15) is 0 Å². The summed E-state index contributed by atoms with van der Waals surface area (Å²) in [6, 6.07) is 0. The van der Waals surface area contributed by atoms with Gasteiger partial charge in [0.05, 0.1) is 6.61 Å². The summed E-state index contributed by atoms with van der Waals surface area (Å²) in [5, 5.41) is 17.2. The molecule has 0 aromatic carbocycles. The molecule has 0 heterocycles. The molecule has 0 spiro atoms. The predicted molar refractivity (Wildman–Crippen MR) is 48.0 cm³/mol. The van der Waals surface area contributed by atoms with Gasteiger partial charge in [0.25, 0.3) is 0 Å². The van der Waals surface area contributed by atoms with Crippen molar-refractivity contribution in [3.63, 3.8) is 0 Å². The molecule has 4 nitrogen and oxygen atoms in total. The van der Waals surface area contributed by atoms with Crippen molar-refractivity contribution in [2.45, 2.75) is 13.0 Å². The molecule has 0 rings (SSSR count). The lowest BCUT2D eigenvalue weighted by molar-refractivity contribution is -0.141. The van der Waals surface area contributed by atoms with E-state index in [1.165, 1.54) is 12.2 Å². The first kappa shape index (κ1) is 11.9. The van der Waals surface area contributed by atoms with Crippen molar-refractivity contribution in [3.05, 3.63) is 24.3 Å². The van der Waals surface area contributed by atoms with Crippen LogP contribution in [0.4, 0.5) is 0 Å². The van der Waals surface area contributed by atoms with Gasteiger partial charge >= 0.3 is 5.97 Å². The van der Waals surface area contributed by atoms with Gasteiger partial charge in [-0.15, -0.1) is 0 Å². The maximum Gasteiger partial charge on any atom is 0.330 e. The quantitative estimate of drug-likeness (QED) is 0.361. The standard InChI is InChI=1S/C9H14O4/c1-2-3-4-5-9(12)13-7-8(11)6-10/h2-5,8,10-11H,6-7H2,1H3. The van der Waals surface area contributed by atoms with Crippen LogP contribution >= 0.6 is 0 Å². The van der Waals surface area contributed by atoms with Crippen LogP contribution in [-0.4, -0.2) is 35.5 Å². The zero-order chi connectivity index (χ0) is 10.1. The van der Waals surface area contributed by atoms with Crippen molar-refractivity contribution < 1.29 is 19.7 Å². The van der Waals surface area contributed by atoms with E-state index in [9.17, 15) is 4.79 Å². The maximum absolute atomic E-state index is 10.8. The highest BCUT2D eigenvalue weighted by atomic mass is 16.5. The van der Waals surface area contributed by atoms with Crippen molar-refractivity contribution in [3.8, 4) is 0 Å². The van der Waals surface area contributed by atoms with Crippen molar-refractivity contribution in [2.24, 2.45) is 0 Å². The number of aliphatic hydroxyl groups excluding tert-OH is 2. The van der Waals surface area contributed by atoms with E-state index in [1.807, 2.05) is 6.92 Å². The number of carbonyl (C=O) groups is 1. The number of allylic oxidation sites excluding steroid dienone is 3. The minimum absolute atomic E-state index is 0.185. The van der Waals surface area contributed by atoms with Gasteiger partial charge in [0.15, 0.2) is 0 Å². The number of aliphatic hydroxyl groups is 2. The SMILES string of the molecule is CC=CC=CC(=O)OCC(O)CO. The lowest BCUT2D eigenvalue weighted by Gasteiger charge is -2.05. The average Bonchev–Trinajstić information content (AvgIpc) is 2.14. The highest BCUT2D eigenvalue weighted by molar-refractivity contribution is 5.82. The summed E-state index contributed by atoms with van der Waals surface area (Å²) in [6.07, 6.45) is 5.23. The van der Waals surface area contributed by atoms with Crippen molar-refractivity contribution in [1.29, 1.82) is 0 Å². The topological polar surface area (TPSA) is 66.8 Å². The van der Waals surface area contributed by atoms with Crippen molar-refractivity contribution in [1.82, 2.24) is 0 Å². The maximum atomic E-state index is 10.8. The molecule has 0 aromatic heterocycles. The van der Waals surface area contributed by atoms with Crippen molar-refractivity contribution in [2.75, 3.05) is 13.2 Å². The molecule has 74 valence electrons. The van der Waals surface area contributed by atoms with Crippen LogP contribution in [0.3, 0.4) is 0 Å². The minimum Gasteiger partial charge on any atom is -0.460 e. The Morgan fingerprint density at radius 3 is 2.77 bits per heavy atom. The molecule has 0 saturated heterocycles. The fraction of sp³-hybridized carbons (Fsp3) is 0.444. The van der Waals surface area contributed by atoms with Crippen LogP contribution in [0.5, 0.6) is 0 Å². The minimum atomic E-state index is -1.00. The molecule has 13 heavy (non-hydrogen) atoms. The Labute approximate surface area is 77.1 Å². The summed E-state index contributed by atoms with van der Waals surface area (Å²) >= 11 is 0. The number of rotatable bonds is 5. The predicted octanol–water partition coefficient (Wildman–Crippen LogP) is 0.0151. The van der Waals surface area contributed by atoms with Gasteiger partial charge in [-0.3, -0.25) is 0 Å². The molecule has 0 aliphatic rings. The highest BCUT2D eigenvalue weighted by Crippen LogP contribution is 1.87. The lowest BCUT2D eigenvalue weighted by Crippen LogP contribution is -2.21. The van der Waals surface area contributed by atoms with E-state index in [4.69, 9.17) is 10.2 Å². The molecule has 4 heteroatoms. The first-order chi connectivity index (χ1) is 6.20. The van der Waals surface area contributed by atoms with E-state index < -0.39 is 18.7 Å². The third-order valence-electron chi connectivity index (χ3n) is 1.16. The molecule has 2 N–H and O–H groups in total. The smallest absolute Gasteiger partial charge is 0.330 e. The zero-order valence-electron chi connectivity index (χ0n) is 7.51. The van der Waals surface area contributed by atoms with Crippen LogP contribution < -0.4 is 0 Å². The summed E-state index contributed by atoms with van der Waals surface area (Å²) in [5.74, 6) is -0.536. The Hall–Kier alpha value is -1.13. The van der Waals surface area contributed by atoms with Gasteiger partial charge in [-0.05, 0) is 6.92 Å². The Kier molecular flexibility index (Phi) is 6.86. The molecule has 0 aliphatic carbocycles. The Bertz CT molecular complexity index is 196. The van der Waals surface area contributed by atoms with Crippen LogP contribution in [0.2, 0.25) is 0 Å². The van der Waals surface area contributed by atoms with Gasteiger partial charge in [-0.25, -0.2) is 4.79 Å². The van der Waals surface area contributed by atoms with Crippen LogP contribution in [0.25, 0.3) is 0 Å². The molecule has 0 aliphatic heterocycles. The van der Waals surface area contributed by atoms with Gasteiger partial charge < -0.3 is 14.9 Å². The van der Waals surface area contributed by atoms with E-state index >= 15 is 0 Å². The second-order valence-electron chi connectivity index (χ2n) is 2.35. The monoisotopic (exact) mass is 186 g/mol. The van der Waals surface area contributed by atoms with Gasteiger partial charge in [0.2, 0.25) is 0 Å². The van der Waals surface area contributed by atoms with Gasteiger partial charge in [0, 0.05) is 6.08 Å². The zero-order valence-corrected chi connectivity index (χ0v) is 7.51. The Balaban J connectivity index is 3.63. The Morgan fingerprint density at radius 1 is 1.54 bits per heavy atom. The summed E-state index contributed by atoms with van der Waals surface area (Å²) in [7, 11) is 0. The van der Waals surface area contributed by atoms with Crippen LogP contribution in [0.15, 0.2) is 24.3 Å². The normalized spacial score (nSPS) is 13.8. The van der Waals surface area contributed by atoms with Gasteiger partial charge in [0.1, 0.15) is 12.7 Å². The summed E-state index contributed by atoms with van der Waals surface area (Å²) in [5.41, 5.74) is 0. The number of esters is 1. The molecule has 1 unspecified atom stereocenters. The molecular formula is C9H14O4. The summed E-state index contributed by atoms with van der Waals surface area (Å²) in [6.45, 7) is 1.23. The Morgan fingerprint density at radius 2 is 2.23 bits per heavy atom. The van der Waals surface area contributed by atoms with E-state index in [1.54, 1.807) is 12.2 Å². The largest absolute Gasteiger partial charge is 0.460 e. The summed E-state index contributed by atoms with van der Waals surface area (Å²) < 4.78 is 4.57. The van der Waals surface area contributed by atoms with Crippen LogP contribution in [-0.2, 0) is 9.53 Å². The molecule has 0 fully saturated rings. The molecule has 0 bridgehead atoms. The molecule has 0 amide bonds. The molecule has 0 aromatic rings. The van der Waals surface area contributed by atoms with E-state index in [-0.39, 0.29) is 6.61 Å². The van der Waals surface area contributed by atoms with E-state index in [0.29, 0.717) is 0 Å². The first-order valence-corrected chi connectivity index (χ1v) is 3.95. The third-order valence-corrected chi connectivity index (χ3v) is 1.16. The lowest BCUT2D eigenvalue weighted by atomic mass is 10.4. The fourth-order valence-electron chi connectivity index (χ4n) is 0.524. The fourth-order valence-corrected chi connectivity index (χ4v) is 0.524. The number of carbonyl (C=O) groups excluding carboxylic acids is 1. The molecule has 1 atom stereocenters. The number of hydrogen-bond donors (Lipinski definition) is 2. The second-order valence-corrected chi connectivity index (χ2v) is 2.35. The average molecular weight is 186 g/mol. The van der Waals surface area contributed by atoms with Crippen LogP contribution in [0.1, 0.15) is 6.92 Å². The summed E-state index contributed by atoms with van der Waals surface area (Å²) in [4.78, 5) is 10.8. The molecular weight excluding hydrogens is 172 g/mol. The molecule has 0 saturated carbocycles. The first-order valence-electron chi connectivity index (χ1n) is 3.95. The number of hydrogen-bond acceptors (Lipinski definition) is 4. The van der Waals surface area contributed by atoms with E-state index in [2.05, 4.69) is 4.74 Å². The third kappa shape index (κ3) is 7.24. The van der Waals surface area contributed by atoms with Crippen molar-refractivity contribution >= 4 is 5.97 Å². The highest BCUT2D eigenvalue weighted by Gasteiger charge is 2.03. The van der Waals surface area contributed by atoms with E-state index in [0.717, 1.165) is 0 Å². The molecule has 0 radical (unpaired) electrons. The number of ether oxygens (including phenoxy) is 1. The second kappa shape index (κ2) is 7.52. The van der Waals surface area contributed by atoms with Gasteiger partial charge in [-0.1, -0.05) is 18.2 Å².